The maximum atomic E-state index is 13.5. The third kappa shape index (κ3) is 6.37. The number of ether oxygens (including phenoxy) is 1. The minimum atomic E-state index is -5.35. The van der Waals surface area contributed by atoms with Crippen LogP contribution in [0.1, 0.15) is 7.65 Å². The Morgan fingerprint density at radius 3 is 2.48 bits per heavy atom. The van der Waals surface area contributed by atoms with Crippen LogP contribution < -0.4 is 41.0 Å². The topological polar surface area (TPSA) is 224 Å². The molecule has 0 aliphatic carbocycles. The van der Waals surface area contributed by atoms with Crippen LogP contribution in [0.15, 0.2) is 11.0 Å². The van der Waals surface area contributed by atoms with E-state index in [0.29, 0.717) is 10.8 Å². The third-order valence-electron chi connectivity index (χ3n) is 3.16. The number of aliphatic hydroxyl groups is 2. The molecule has 0 saturated carbocycles. The molecule has 2 rings (SSSR count). The third-order valence-corrected chi connectivity index (χ3v) is 5.31. The molecule has 5 atom stereocenters. The molecule has 0 amide bonds. The van der Waals surface area contributed by atoms with Gasteiger partial charge in [0, 0.05) is 0 Å². The first kappa shape index (κ1) is 24.8. The predicted octanol–water partition coefficient (Wildman–Crippen LogP) is -5.07. The van der Waals surface area contributed by atoms with E-state index in [1.165, 1.54) is 0 Å². The Kier molecular flexibility index (Phi) is 8.31. The number of hydrogen-bond donors (Lipinski definition) is 6. The van der Waals surface area contributed by atoms with Gasteiger partial charge >= 0.3 is 50.9 Å². The van der Waals surface area contributed by atoms with Crippen molar-refractivity contribution in [1.82, 2.24) is 9.55 Å². The maximum absolute atomic E-state index is 13.5. The Morgan fingerprint density at radius 2 is 1.93 bits per heavy atom. The number of aliphatic hydroxyl groups excluding tert-OH is 2. The summed E-state index contributed by atoms with van der Waals surface area (Å²) in [6.07, 6.45) is -6.19. The zero-order valence-electron chi connectivity index (χ0n) is 14.5. The van der Waals surface area contributed by atoms with E-state index in [1.54, 1.807) is 0 Å². The zero-order valence-corrected chi connectivity index (χ0v) is 17.3. The minimum Gasteiger partial charge on any atom is -1.00 e. The first-order valence-corrected chi connectivity index (χ1v) is 9.63. The van der Waals surface area contributed by atoms with Crippen LogP contribution in [-0.2, 0) is 22.7 Å². The number of phosphoric ester groups is 1. The van der Waals surface area contributed by atoms with Crippen molar-refractivity contribution in [2.24, 2.45) is 0 Å². The van der Waals surface area contributed by atoms with Gasteiger partial charge in [-0.1, -0.05) is 0 Å². The molecule has 1 aromatic heterocycles. The average molecular weight is 445 g/mol. The molecule has 1 aliphatic heterocycles. The number of halogens is 1. The number of phosphoric acid groups is 2. The van der Waals surface area contributed by atoms with Crippen molar-refractivity contribution in [1.29, 1.82) is 0 Å². The van der Waals surface area contributed by atoms with Gasteiger partial charge in [0.15, 0.2) is 17.9 Å². The number of aromatic nitrogens is 2. The summed E-state index contributed by atoms with van der Waals surface area (Å²) in [5.41, 5.74) is 4.00. The van der Waals surface area contributed by atoms with Gasteiger partial charge in [-0.15, -0.1) is 0 Å². The Balaban J connectivity index is 0.00000364. The van der Waals surface area contributed by atoms with E-state index in [4.69, 9.17) is 25.2 Å². The van der Waals surface area contributed by atoms with Crippen LogP contribution in [0.5, 0.6) is 0 Å². The molecule has 1 saturated heterocycles. The van der Waals surface area contributed by atoms with Crippen molar-refractivity contribution in [3.05, 3.63) is 22.5 Å². The second-order valence-corrected chi connectivity index (χ2v) is 7.88. The van der Waals surface area contributed by atoms with Gasteiger partial charge in [-0.05, 0) is 0 Å². The largest absolute Gasteiger partial charge is 1.00 e. The molecule has 1 aliphatic rings. The van der Waals surface area contributed by atoms with Gasteiger partial charge in [0.05, 0.1) is 12.8 Å². The van der Waals surface area contributed by atoms with Crippen molar-refractivity contribution >= 4 is 21.5 Å². The van der Waals surface area contributed by atoms with Crippen molar-refractivity contribution in [3.63, 3.8) is 0 Å². The number of nitrogens with zero attached hydrogens (tertiary/aromatic N) is 2. The molecule has 27 heavy (non-hydrogen) atoms. The summed E-state index contributed by atoms with van der Waals surface area (Å²) in [5, 5.41) is 19.8. The molecule has 3 unspecified atom stereocenters. The summed E-state index contributed by atoms with van der Waals surface area (Å²) in [6, 6.07) is 0. The summed E-state index contributed by atoms with van der Waals surface area (Å²) in [5.74, 6) is -1.81. The van der Waals surface area contributed by atoms with E-state index in [2.05, 4.69) is 13.8 Å². The number of nitrogen functional groups attached to an aromatic ring is 1. The average Bonchev–Trinajstić information content (AvgIpc) is 2.75. The summed E-state index contributed by atoms with van der Waals surface area (Å²) >= 11 is 0. The Morgan fingerprint density at radius 1 is 1.33 bits per heavy atom. The smallest absolute Gasteiger partial charge is 1.00 e. The van der Waals surface area contributed by atoms with E-state index in [-0.39, 0.29) is 31.0 Å². The summed E-state index contributed by atoms with van der Waals surface area (Å²) in [7, 11) is -10.6. The summed E-state index contributed by atoms with van der Waals surface area (Å²) in [4.78, 5) is 41.0. The number of anilines is 1. The monoisotopic (exact) mass is 445 g/mol. The summed E-state index contributed by atoms with van der Waals surface area (Å²) < 4.78 is 48.7. The maximum Gasteiger partial charge on any atom is 1.00 e. The molecule has 150 valence electrons. The molecule has 0 spiro atoms. The SMILES string of the molecule is Nc1nc(=O)n([C@@H]2O[C@H](COP(=O)(O)OP(=O)(O)O)C(O)C2O)cc1F.[H-].[Na+]. The van der Waals surface area contributed by atoms with Crippen LogP contribution in [0.4, 0.5) is 10.2 Å². The van der Waals surface area contributed by atoms with Crippen molar-refractivity contribution < 1.29 is 83.0 Å². The second kappa shape index (κ2) is 9.05. The first-order chi connectivity index (χ1) is 11.8. The van der Waals surface area contributed by atoms with E-state index in [0.717, 1.165) is 0 Å². The van der Waals surface area contributed by atoms with Gasteiger partial charge < -0.3 is 36.8 Å². The molecule has 1 aromatic rings. The molecule has 0 aromatic carbocycles. The van der Waals surface area contributed by atoms with Gasteiger partial charge in [0.2, 0.25) is 0 Å². The van der Waals surface area contributed by atoms with Gasteiger partial charge in [0.25, 0.3) is 0 Å². The zero-order chi connectivity index (χ0) is 19.9. The fraction of sp³-hybridized carbons (Fsp3) is 0.556. The van der Waals surface area contributed by atoms with Crippen LogP contribution in [0.3, 0.4) is 0 Å². The number of nitrogens with two attached hydrogens (primary N) is 1. The molecule has 7 N–H and O–H groups in total. The van der Waals surface area contributed by atoms with E-state index in [1.807, 2.05) is 0 Å². The predicted molar refractivity (Wildman–Crippen MR) is 78.8 cm³/mol. The fourth-order valence-corrected chi connectivity index (χ4v) is 3.66. The van der Waals surface area contributed by atoms with E-state index >= 15 is 0 Å². The van der Waals surface area contributed by atoms with Gasteiger partial charge in [0.1, 0.15) is 18.3 Å². The molecular formula is C9H15FN3NaO11P2. The minimum absolute atomic E-state index is 0. The standard InChI is InChI=1S/C9H14FN3O11P2.Na.H/c10-3-1-13(9(16)12-7(3)11)8-6(15)5(14)4(23-8)2-22-26(20,21)24-25(17,18)19;;/h1,4-6,8,14-15H,2H2,(H,20,21)(H2,11,12,16)(H2,17,18,19);;/q;+1;-1/t4-,5?,6?,8-;;/m1../s1. The van der Waals surface area contributed by atoms with Gasteiger partial charge in [-0.25, -0.2) is 18.3 Å². The van der Waals surface area contributed by atoms with Crippen LogP contribution in [0.2, 0.25) is 0 Å². The first-order valence-electron chi connectivity index (χ1n) is 6.61. The second-order valence-electron chi connectivity index (χ2n) is 5.05. The Hall–Kier alpha value is -0.250. The Bertz CT molecular complexity index is 840. The van der Waals surface area contributed by atoms with Crippen LogP contribution in [0.25, 0.3) is 0 Å². The Labute approximate surface area is 173 Å². The van der Waals surface area contributed by atoms with Crippen LogP contribution in [-0.4, -0.2) is 59.4 Å². The van der Waals surface area contributed by atoms with Crippen molar-refractivity contribution in [2.45, 2.75) is 24.5 Å². The quantitative estimate of drug-likeness (QED) is 0.178. The van der Waals surface area contributed by atoms with Crippen LogP contribution >= 0.6 is 15.6 Å². The molecule has 2 heterocycles. The molecular weight excluding hydrogens is 430 g/mol. The number of rotatable bonds is 6. The summed E-state index contributed by atoms with van der Waals surface area (Å²) in [6.45, 7) is -0.970. The van der Waals surface area contributed by atoms with Gasteiger partial charge in [-0.2, -0.15) is 9.29 Å². The molecule has 18 heteroatoms. The number of hydrogen-bond acceptors (Lipinski definition) is 10. The van der Waals surface area contributed by atoms with Gasteiger partial charge in [-0.3, -0.25) is 9.09 Å². The van der Waals surface area contributed by atoms with Crippen LogP contribution in [0, 0.1) is 5.82 Å². The van der Waals surface area contributed by atoms with E-state index in [9.17, 15) is 28.5 Å². The fourth-order valence-electron chi connectivity index (χ4n) is 2.06. The van der Waals surface area contributed by atoms with E-state index < -0.39 is 64.1 Å². The molecule has 1 fully saturated rings. The molecule has 14 nitrogen and oxygen atoms in total. The van der Waals surface area contributed by atoms with Crippen molar-refractivity contribution in [3.8, 4) is 0 Å². The molecule has 0 bridgehead atoms. The molecule has 0 radical (unpaired) electrons. The van der Waals surface area contributed by atoms with Crippen molar-refractivity contribution in [2.75, 3.05) is 12.3 Å². The normalized spacial score (nSPS) is 27.8.